The summed E-state index contributed by atoms with van der Waals surface area (Å²) in [4.78, 5) is 4.66. The molecule has 0 radical (unpaired) electrons. The van der Waals surface area contributed by atoms with E-state index in [2.05, 4.69) is 28.1 Å². The van der Waals surface area contributed by atoms with Crippen molar-refractivity contribution in [3.8, 4) is 0 Å². The van der Waals surface area contributed by atoms with Crippen molar-refractivity contribution in [2.24, 2.45) is 0 Å². The molecule has 1 saturated heterocycles. The van der Waals surface area contributed by atoms with Gasteiger partial charge in [-0.05, 0) is 30.8 Å². The van der Waals surface area contributed by atoms with Gasteiger partial charge in [0, 0.05) is 44.3 Å². The molecule has 3 nitrogen and oxygen atoms in total. The van der Waals surface area contributed by atoms with E-state index in [4.69, 9.17) is 23.8 Å². The van der Waals surface area contributed by atoms with E-state index in [0.717, 1.165) is 49.4 Å². The van der Waals surface area contributed by atoms with Crippen molar-refractivity contribution in [2.45, 2.75) is 13.5 Å². The molecule has 0 atom stereocenters. The highest BCUT2D eigenvalue weighted by Crippen LogP contribution is 2.17. The monoisotopic (exact) mass is 297 g/mol. The maximum Gasteiger partial charge on any atom is 0.169 e. The average molecular weight is 298 g/mol. The Morgan fingerprint density at radius 2 is 1.95 bits per heavy atom. The van der Waals surface area contributed by atoms with Gasteiger partial charge in [0.15, 0.2) is 5.11 Å². The molecule has 1 aromatic rings. The second-order valence-electron chi connectivity index (χ2n) is 4.69. The molecule has 104 valence electrons. The number of nitrogens with one attached hydrogen (secondary N) is 1. The van der Waals surface area contributed by atoms with Gasteiger partial charge in [0.1, 0.15) is 0 Å². The molecule has 19 heavy (non-hydrogen) atoms. The van der Waals surface area contributed by atoms with Crippen LogP contribution in [-0.2, 0) is 6.54 Å². The van der Waals surface area contributed by atoms with Crippen LogP contribution in [0.1, 0.15) is 12.5 Å². The molecule has 0 aromatic heterocycles. The van der Waals surface area contributed by atoms with Crippen LogP contribution >= 0.6 is 23.8 Å². The predicted molar refractivity (Wildman–Crippen MR) is 84.6 cm³/mol. The van der Waals surface area contributed by atoms with Gasteiger partial charge in [-0.3, -0.25) is 4.90 Å². The normalized spacial score (nSPS) is 16.4. The van der Waals surface area contributed by atoms with Crippen molar-refractivity contribution in [3.05, 3.63) is 34.9 Å². The van der Waals surface area contributed by atoms with Crippen LogP contribution in [0.3, 0.4) is 0 Å². The van der Waals surface area contributed by atoms with Gasteiger partial charge >= 0.3 is 0 Å². The quantitative estimate of drug-likeness (QED) is 0.863. The molecule has 0 aliphatic carbocycles. The minimum Gasteiger partial charge on any atom is -0.363 e. The highest BCUT2D eigenvalue weighted by molar-refractivity contribution is 7.80. The van der Waals surface area contributed by atoms with Crippen molar-refractivity contribution in [1.82, 2.24) is 15.1 Å². The van der Waals surface area contributed by atoms with Crippen molar-refractivity contribution < 1.29 is 0 Å². The summed E-state index contributed by atoms with van der Waals surface area (Å²) in [6.45, 7) is 7.89. The van der Waals surface area contributed by atoms with E-state index in [1.54, 1.807) is 0 Å². The van der Waals surface area contributed by atoms with E-state index < -0.39 is 0 Å². The van der Waals surface area contributed by atoms with Gasteiger partial charge in [0.2, 0.25) is 0 Å². The first-order valence-electron chi connectivity index (χ1n) is 6.69. The van der Waals surface area contributed by atoms with Gasteiger partial charge in [-0.25, -0.2) is 0 Å². The maximum atomic E-state index is 6.20. The smallest absolute Gasteiger partial charge is 0.169 e. The molecule has 1 aliphatic heterocycles. The summed E-state index contributed by atoms with van der Waals surface area (Å²) in [7, 11) is 0. The van der Waals surface area contributed by atoms with Crippen LogP contribution in [0.5, 0.6) is 0 Å². The lowest BCUT2D eigenvalue weighted by Gasteiger charge is -2.36. The SMILES string of the molecule is CCNC(=S)N1CCN(Cc2ccccc2Cl)CC1. The molecule has 0 amide bonds. The summed E-state index contributed by atoms with van der Waals surface area (Å²) >= 11 is 11.5. The van der Waals surface area contributed by atoms with Crippen LogP contribution in [0.15, 0.2) is 24.3 Å². The van der Waals surface area contributed by atoms with E-state index in [1.807, 2.05) is 18.2 Å². The van der Waals surface area contributed by atoms with Crippen LogP contribution in [-0.4, -0.2) is 47.6 Å². The second kappa shape index (κ2) is 7.08. The fourth-order valence-electron chi connectivity index (χ4n) is 2.24. The Morgan fingerprint density at radius 3 is 2.58 bits per heavy atom. The minimum absolute atomic E-state index is 0.855. The van der Waals surface area contributed by atoms with E-state index in [-0.39, 0.29) is 0 Å². The molecule has 1 aromatic carbocycles. The summed E-state index contributed by atoms with van der Waals surface area (Å²) in [5.41, 5.74) is 1.20. The van der Waals surface area contributed by atoms with E-state index in [9.17, 15) is 0 Å². The molecule has 1 aliphatic rings. The first-order chi connectivity index (χ1) is 9.20. The topological polar surface area (TPSA) is 18.5 Å². The zero-order chi connectivity index (χ0) is 13.7. The number of nitrogens with zero attached hydrogens (tertiary/aromatic N) is 2. The van der Waals surface area contributed by atoms with Crippen molar-refractivity contribution in [2.75, 3.05) is 32.7 Å². The summed E-state index contributed by atoms with van der Waals surface area (Å²) in [6, 6.07) is 8.06. The maximum absolute atomic E-state index is 6.20. The minimum atomic E-state index is 0.855. The van der Waals surface area contributed by atoms with Crippen LogP contribution in [0.4, 0.5) is 0 Å². The Kier molecular flexibility index (Phi) is 5.43. The predicted octanol–water partition coefficient (Wildman–Crippen LogP) is 2.35. The molecule has 1 fully saturated rings. The third kappa shape index (κ3) is 4.06. The standard InChI is InChI=1S/C14H20ClN3S/c1-2-16-14(19)18-9-7-17(8-10-18)11-12-5-3-4-6-13(12)15/h3-6H,2,7-11H2,1H3,(H,16,19). The van der Waals surface area contributed by atoms with Crippen LogP contribution in [0, 0.1) is 0 Å². The number of hydrogen-bond acceptors (Lipinski definition) is 2. The molecule has 1 heterocycles. The third-order valence-corrected chi connectivity index (χ3v) is 4.11. The zero-order valence-electron chi connectivity index (χ0n) is 11.2. The van der Waals surface area contributed by atoms with Crippen molar-refractivity contribution in [3.63, 3.8) is 0 Å². The van der Waals surface area contributed by atoms with E-state index in [1.165, 1.54) is 5.56 Å². The number of hydrogen-bond donors (Lipinski definition) is 1. The Balaban J connectivity index is 1.84. The van der Waals surface area contributed by atoms with Crippen molar-refractivity contribution >= 4 is 28.9 Å². The highest BCUT2D eigenvalue weighted by Gasteiger charge is 2.18. The lowest BCUT2D eigenvalue weighted by molar-refractivity contribution is 0.174. The summed E-state index contributed by atoms with van der Waals surface area (Å²) in [6.07, 6.45) is 0. The average Bonchev–Trinajstić information content (AvgIpc) is 2.42. The molecule has 5 heteroatoms. The van der Waals surface area contributed by atoms with E-state index in [0.29, 0.717) is 0 Å². The Hall–Kier alpha value is -0.840. The molecule has 2 rings (SSSR count). The van der Waals surface area contributed by atoms with Gasteiger partial charge in [-0.2, -0.15) is 0 Å². The second-order valence-corrected chi connectivity index (χ2v) is 5.48. The largest absolute Gasteiger partial charge is 0.363 e. The molecule has 1 N–H and O–H groups in total. The number of benzene rings is 1. The van der Waals surface area contributed by atoms with Crippen LogP contribution < -0.4 is 5.32 Å². The first-order valence-corrected chi connectivity index (χ1v) is 7.48. The molecular weight excluding hydrogens is 278 g/mol. The lowest BCUT2D eigenvalue weighted by atomic mass is 10.2. The highest BCUT2D eigenvalue weighted by atomic mass is 35.5. The number of halogens is 1. The Morgan fingerprint density at radius 1 is 1.26 bits per heavy atom. The summed E-state index contributed by atoms with van der Waals surface area (Å²) in [5, 5.41) is 4.94. The summed E-state index contributed by atoms with van der Waals surface area (Å²) < 4.78 is 0. The zero-order valence-corrected chi connectivity index (χ0v) is 12.8. The molecular formula is C14H20ClN3S. The van der Waals surface area contributed by atoms with Gasteiger partial charge < -0.3 is 10.2 Å². The number of thiocarbonyl (C=S) groups is 1. The van der Waals surface area contributed by atoms with Crippen LogP contribution in [0.2, 0.25) is 5.02 Å². The molecule has 0 bridgehead atoms. The fraction of sp³-hybridized carbons (Fsp3) is 0.500. The fourth-order valence-corrected chi connectivity index (χ4v) is 2.76. The van der Waals surface area contributed by atoms with Gasteiger partial charge in [-0.1, -0.05) is 29.8 Å². The molecule has 0 saturated carbocycles. The summed E-state index contributed by atoms with van der Waals surface area (Å²) in [5.74, 6) is 0. The first kappa shape index (κ1) is 14.6. The third-order valence-electron chi connectivity index (χ3n) is 3.34. The number of piperazine rings is 1. The van der Waals surface area contributed by atoms with Gasteiger partial charge in [-0.15, -0.1) is 0 Å². The molecule has 0 unspecified atom stereocenters. The van der Waals surface area contributed by atoms with Gasteiger partial charge in [0.25, 0.3) is 0 Å². The van der Waals surface area contributed by atoms with Crippen LogP contribution in [0.25, 0.3) is 0 Å². The molecule has 0 spiro atoms. The Labute approximate surface area is 125 Å². The Bertz CT molecular complexity index is 430. The lowest BCUT2D eigenvalue weighted by Crippen LogP contribution is -2.51. The van der Waals surface area contributed by atoms with E-state index >= 15 is 0 Å². The number of rotatable bonds is 3. The van der Waals surface area contributed by atoms with Gasteiger partial charge in [0.05, 0.1) is 0 Å². The van der Waals surface area contributed by atoms with Crippen molar-refractivity contribution in [1.29, 1.82) is 0 Å².